The maximum absolute atomic E-state index is 11.8. The van der Waals surface area contributed by atoms with Crippen LogP contribution >= 0.6 is 0 Å². The Bertz CT molecular complexity index is 359. The first-order chi connectivity index (χ1) is 7.25. The van der Waals surface area contributed by atoms with Gasteiger partial charge < -0.3 is 10.6 Å². The number of pyridine rings is 1. The number of nitrogens with zero attached hydrogens (tertiary/aromatic N) is 1. The molecule has 4 heteroatoms. The van der Waals surface area contributed by atoms with E-state index < -0.39 is 0 Å². The molecule has 1 fully saturated rings. The third-order valence-electron chi connectivity index (χ3n) is 2.52. The molecule has 2 N–H and O–H groups in total. The molecule has 4 nitrogen and oxygen atoms in total. The van der Waals surface area contributed by atoms with Crippen molar-refractivity contribution in [1.82, 2.24) is 15.6 Å². The van der Waals surface area contributed by atoms with Gasteiger partial charge >= 0.3 is 0 Å². The summed E-state index contributed by atoms with van der Waals surface area (Å²) >= 11 is 0. The van der Waals surface area contributed by atoms with Crippen LogP contribution in [0.15, 0.2) is 18.2 Å². The van der Waals surface area contributed by atoms with Gasteiger partial charge in [0, 0.05) is 18.3 Å². The molecule has 2 rings (SSSR count). The molecule has 15 heavy (non-hydrogen) atoms. The van der Waals surface area contributed by atoms with Crippen LogP contribution in [0.5, 0.6) is 0 Å². The Morgan fingerprint density at radius 2 is 2.47 bits per heavy atom. The van der Waals surface area contributed by atoms with Crippen LogP contribution in [0.2, 0.25) is 0 Å². The molecule has 0 aromatic carbocycles. The van der Waals surface area contributed by atoms with E-state index in [0.717, 1.165) is 25.2 Å². The topological polar surface area (TPSA) is 54.0 Å². The Labute approximate surface area is 89.1 Å². The summed E-state index contributed by atoms with van der Waals surface area (Å²) in [6.07, 6.45) is 0.998. The lowest BCUT2D eigenvalue weighted by Gasteiger charge is -2.10. The van der Waals surface area contributed by atoms with Crippen molar-refractivity contribution in [2.24, 2.45) is 0 Å². The van der Waals surface area contributed by atoms with Gasteiger partial charge in [-0.05, 0) is 32.0 Å². The number of nitrogens with one attached hydrogen (secondary N) is 2. The van der Waals surface area contributed by atoms with Crippen molar-refractivity contribution in [2.45, 2.75) is 19.4 Å². The van der Waals surface area contributed by atoms with Crippen LogP contribution in [0.25, 0.3) is 0 Å². The molecule has 0 aliphatic carbocycles. The van der Waals surface area contributed by atoms with E-state index in [1.165, 1.54) is 0 Å². The van der Waals surface area contributed by atoms with Crippen LogP contribution in [-0.4, -0.2) is 30.0 Å². The van der Waals surface area contributed by atoms with Crippen molar-refractivity contribution < 1.29 is 4.79 Å². The minimum absolute atomic E-state index is 0.0765. The van der Waals surface area contributed by atoms with Crippen LogP contribution in [0.1, 0.15) is 22.6 Å². The van der Waals surface area contributed by atoms with Crippen molar-refractivity contribution in [3.8, 4) is 0 Å². The largest absolute Gasteiger partial charge is 0.347 e. The highest BCUT2D eigenvalue weighted by Crippen LogP contribution is 2.01. The van der Waals surface area contributed by atoms with E-state index in [2.05, 4.69) is 15.6 Å². The number of carbonyl (C=O) groups is 1. The van der Waals surface area contributed by atoms with Crippen molar-refractivity contribution in [1.29, 1.82) is 0 Å². The van der Waals surface area contributed by atoms with Crippen LogP contribution in [-0.2, 0) is 0 Å². The number of hydrogen-bond acceptors (Lipinski definition) is 3. The number of amides is 1. The van der Waals surface area contributed by atoms with E-state index in [9.17, 15) is 4.79 Å². The molecule has 0 spiro atoms. The third-order valence-corrected chi connectivity index (χ3v) is 2.52. The lowest BCUT2D eigenvalue weighted by atomic mass is 10.2. The van der Waals surface area contributed by atoms with Crippen molar-refractivity contribution in [3.05, 3.63) is 29.6 Å². The van der Waals surface area contributed by atoms with Gasteiger partial charge in [0.05, 0.1) is 0 Å². The maximum Gasteiger partial charge on any atom is 0.270 e. The zero-order valence-electron chi connectivity index (χ0n) is 8.79. The molecule has 0 saturated carbocycles. The van der Waals surface area contributed by atoms with Gasteiger partial charge in [-0.2, -0.15) is 0 Å². The number of rotatable bonds is 2. The molecular weight excluding hydrogens is 190 g/mol. The van der Waals surface area contributed by atoms with Crippen molar-refractivity contribution in [2.75, 3.05) is 13.1 Å². The molecule has 0 radical (unpaired) electrons. The van der Waals surface area contributed by atoms with Crippen LogP contribution in [0.4, 0.5) is 0 Å². The number of carbonyl (C=O) groups excluding carboxylic acids is 1. The summed E-state index contributed by atoms with van der Waals surface area (Å²) in [7, 11) is 0. The maximum atomic E-state index is 11.8. The molecule has 1 amide bonds. The molecule has 1 aliphatic heterocycles. The lowest BCUT2D eigenvalue weighted by Crippen LogP contribution is -2.36. The molecule has 2 heterocycles. The zero-order chi connectivity index (χ0) is 10.7. The van der Waals surface area contributed by atoms with Gasteiger partial charge in [-0.25, -0.2) is 4.98 Å². The minimum Gasteiger partial charge on any atom is -0.347 e. The molecule has 1 aliphatic rings. The fourth-order valence-corrected chi connectivity index (χ4v) is 1.71. The summed E-state index contributed by atoms with van der Waals surface area (Å²) in [6.45, 7) is 3.72. The highest BCUT2D eigenvalue weighted by Gasteiger charge is 2.17. The van der Waals surface area contributed by atoms with Gasteiger partial charge in [-0.15, -0.1) is 0 Å². The molecule has 1 saturated heterocycles. The van der Waals surface area contributed by atoms with Gasteiger partial charge in [-0.1, -0.05) is 6.07 Å². The predicted octanol–water partition coefficient (Wildman–Crippen LogP) is 0.482. The summed E-state index contributed by atoms with van der Waals surface area (Å²) in [5.41, 5.74) is 1.37. The zero-order valence-corrected chi connectivity index (χ0v) is 8.79. The highest BCUT2D eigenvalue weighted by molar-refractivity contribution is 5.92. The SMILES string of the molecule is Cc1cccc(C(=O)N[C@H]2CCNC2)n1. The molecule has 1 aromatic rings. The van der Waals surface area contributed by atoms with E-state index in [1.807, 2.05) is 19.1 Å². The van der Waals surface area contributed by atoms with E-state index in [-0.39, 0.29) is 11.9 Å². The average Bonchev–Trinajstić information content (AvgIpc) is 2.70. The Balaban J connectivity index is 2.01. The summed E-state index contributed by atoms with van der Waals surface area (Å²) in [5, 5.41) is 6.16. The van der Waals surface area contributed by atoms with Gasteiger partial charge in [-0.3, -0.25) is 4.79 Å². The molecule has 1 atom stereocenters. The minimum atomic E-state index is -0.0765. The summed E-state index contributed by atoms with van der Waals surface area (Å²) in [5.74, 6) is -0.0765. The summed E-state index contributed by atoms with van der Waals surface area (Å²) in [6, 6.07) is 5.72. The second-order valence-corrected chi connectivity index (χ2v) is 3.83. The standard InChI is InChI=1S/C11H15N3O/c1-8-3-2-4-10(13-8)11(15)14-9-5-6-12-7-9/h2-4,9,12H,5-7H2,1H3,(H,14,15)/t9-/m0/s1. The van der Waals surface area contributed by atoms with E-state index in [0.29, 0.717) is 5.69 Å². The fraction of sp³-hybridized carbons (Fsp3) is 0.455. The van der Waals surface area contributed by atoms with Gasteiger partial charge in [0.15, 0.2) is 0 Å². The monoisotopic (exact) mass is 205 g/mol. The first kappa shape index (κ1) is 10.1. The number of aryl methyl sites for hydroxylation is 1. The first-order valence-corrected chi connectivity index (χ1v) is 5.21. The Hall–Kier alpha value is -1.42. The normalized spacial score (nSPS) is 20.2. The number of aromatic nitrogens is 1. The predicted molar refractivity (Wildman–Crippen MR) is 57.7 cm³/mol. The van der Waals surface area contributed by atoms with Crippen molar-refractivity contribution in [3.63, 3.8) is 0 Å². The van der Waals surface area contributed by atoms with E-state index >= 15 is 0 Å². The fourth-order valence-electron chi connectivity index (χ4n) is 1.71. The van der Waals surface area contributed by atoms with E-state index in [4.69, 9.17) is 0 Å². The molecular formula is C11H15N3O. The highest BCUT2D eigenvalue weighted by atomic mass is 16.1. The van der Waals surface area contributed by atoms with Crippen molar-refractivity contribution >= 4 is 5.91 Å². The Kier molecular flexibility index (Phi) is 2.97. The number of hydrogen-bond donors (Lipinski definition) is 2. The van der Waals surface area contributed by atoms with Crippen LogP contribution in [0.3, 0.4) is 0 Å². The van der Waals surface area contributed by atoms with Gasteiger partial charge in [0.1, 0.15) is 5.69 Å². The van der Waals surface area contributed by atoms with Crippen LogP contribution < -0.4 is 10.6 Å². The quantitative estimate of drug-likeness (QED) is 0.738. The second kappa shape index (κ2) is 4.40. The van der Waals surface area contributed by atoms with E-state index in [1.54, 1.807) is 6.07 Å². The second-order valence-electron chi connectivity index (χ2n) is 3.83. The Morgan fingerprint density at radius 3 is 3.13 bits per heavy atom. The third kappa shape index (κ3) is 2.53. The lowest BCUT2D eigenvalue weighted by molar-refractivity contribution is 0.0935. The average molecular weight is 205 g/mol. The Morgan fingerprint density at radius 1 is 1.60 bits per heavy atom. The smallest absolute Gasteiger partial charge is 0.270 e. The molecule has 1 aromatic heterocycles. The first-order valence-electron chi connectivity index (χ1n) is 5.21. The molecule has 0 unspecified atom stereocenters. The van der Waals surface area contributed by atoms with Gasteiger partial charge in [0.2, 0.25) is 0 Å². The summed E-state index contributed by atoms with van der Waals surface area (Å²) < 4.78 is 0. The molecule has 0 bridgehead atoms. The molecule has 80 valence electrons. The van der Waals surface area contributed by atoms with Gasteiger partial charge in [0.25, 0.3) is 5.91 Å². The van der Waals surface area contributed by atoms with Crippen LogP contribution in [0, 0.1) is 6.92 Å². The summed E-state index contributed by atoms with van der Waals surface area (Å²) in [4.78, 5) is 15.9.